The van der Waals surface area contributed by atoms with Crippen molar-refractivity contribution < 1.29 is 0 Å². The van der Waals surface area contributed by atoms with Gasteiger partial charge in [0.2, 0.25) is 0 Å². The molecule has 0 aliphatic heterocycles. The number of nitriles is 1. The molecule has 0 heterocycles. The Hall–Kier alpha value is -1.49. The molecule has 0 aliphatic carbocycles. The molecule has 0 aromatic heterocycles. The number of rotatable bonds is 4. The minimum Gasteiger partial charge on any atom is -0.385 e. The van der Waals surface area contributed by atoms with Gasteiger partial charge in [-0.25, -0.2) is 0 Å². The molecule has 1 rings (SSSR count). The number of nitrogens with zero attached hydrogens (tertiary/aromatic N) is 1. The van der Waals surface area contributed by atoms with Crippen molar-refractivity contribution in [3.05, 3.63) is 29.3 Å². The summed E-state index contributed by atoms with van der Waals surface area (Å²) < 4.78 is 0. The van der Waals surface area contributed by atoms with Gasteiger partial charge in [0.1, 0.15) is 0 Å². The second-order valence-corrected chi connectivity index (χ2v) is 4.74. The maximum atomic E-state index is 8.83. The van der Waals surface area contributed by atoms with Crippen LogP contribution in [0.1, 0.15) is 31.9 Å². The standard InChI is InChI=1S/C14H20N2/c1-10(2)12(4)9-16-14-6-5-13(8-15)11(3)7-14/h5-7,10,12,16H,9H2,1-4H3. The highest BCUT2D eigenvalue weighted by atomic mass is 14.9. The summed E-state index contributed by atoms with van der Waals surface area (Å²) in [6.07, 6.45) is 0. The van der Waals surface area contributed by atoms with Gasteiger partial charge in [-0.15, -0.1) is 0 Å². The molecule has 0 bridgehead atoms. The van der Waals surface area contributed by atoms with E-state index < -0.39 is 0 Å². The molecule has 0 amide bonds. The average molecular weight is 216 g/mol. The van der Waals surface area contributed by atoms with Gasteiger partial charge < -0.3 is 5.32 Å². The summed E-state index contributed by atoms with van der Waals surface area (Å²) in [5, 5.41) is 12.2. The summed E-state index contributed by atoms with van der Waals surface area (Å²) in [4.78, 5) is 0. The smallest absolute Gasteiger partial charge is 0.0994 e. The van der Waals surface area contributed by atoms with Gasteiger partial charge in [-0.3, -0.25) is 0 Å². The molecule has 0 saturated carbocycles. The lowest BCUT2D eigenvalue weighted by molar-refractivity contribution is 0.440. The number of anilines is 1. The van der Waals surface area contributed by atoms with E-state index in [0.29, 0.717) is 11.8 Å². The molecule has 0 aliphatic rings. The van der Waals surface area contributed by atoms with Crippen LogP contribution >= 0.6 is 0 Å². The van der Waals surface area contributed by atoms with Crippen LogP contribution in [0.5, 0.6) is 0 Å². The highest BCUT2D eigenvalue weighted by molar-refractivity contribution is 5.51. The summed E-state index contributed by atoms with van der Waals surface area (Å²) in [7, 11) is 0. The minimum atomic E-state index is 0.649. The van der Waals surface area contributed by atoms with Crippen LogP contribution in [-0.4, -0.2) is 6.54 Å². The lowest BCUT2D eigenvalue weighted by Gasteiger charge is -2.17. The quantitative estimate of drug-likeness (QED) is 0.835. The molecule has 0 radical (unpaired) electrons. The average Bonchev–Trinajstić information content (AvgIpc) is 2.25. The fraction of sp³-hybridized carbons (Fsp3) is 0.500. The summed E-state index contributed by atoms with van der Waals surface area (Å²) in [5.74, 6) is 1.34. The summed E-state index contributed by atoms with van der Waals surface area (Å²) in [6.45, 7) is 9.65. The van der Waals surface area contributed by atoms with E-state index in [1.54, 1.807) is 0 Å². The topological polar surface area (TPSA) is 35.8 Å². The van der Waals surface area contributed by atoms with E-state index in [0.717, 1.165) is 23.4 Å². The number of benzene rings is 1. The molecule has 86 valence electrons. The van der Waals surface area contributed by atoms with Crippen molar-refractivity contribution in [1.82, 2.24) is 0 Å². The number of nitrogens with one attached hydrogen (secondary N) is 1. The van der Waals surface area contributed by atoms with E-state index in [1.165, 1.54) is 0 Å². The normalized spacial score (nSPS) is 12.2. The second-order valence-electron chi connectivity index (χ2n) is 4.74. The first-order chi connectivity index (χ1) is 7.54. The third-order valence-corrected chi connectivity index (χ3v) is 3.11. The van der Waals surface area contributed by atoms with Crippen LogP contribution in [0.2, 0.25) is 0 Å². The van der Waals surface area contributed by atoms with E-state index >= 15 is 0 Å². The zero-order valence-corrected chi connectivity index (χ0v) is 10.5. The fourth-order valence-electron chi connectivity index (χ4n) is 1.41. The first-order valence-corrected chi connectivity index (χ1v) is 5.79. The molecule has 16 heavy (non-hydrogen) atoms. The largest absolute Gasteiger partial charge is 0.385 e. The lowest BCUT2D eigenvalue weighted by atomic mass is 9.98. The Kier molecular flexibility index (Phi) is 4.37. The van der Waals surface area contributed by atoms with Crippen LogP contribution in [0, 0.1) is 30.1 Å². The molecule has 1 atom stereocenters. The molecule has 0 saturated heterocycles. The van der Waals surface area contributed by atoms with Crippen LogP contribution in [0.25, 0.3) is 0 Å². The van der Waals surface area contributed by atoms with Crippen molar-refractivity contribution in [3.63, 3.8) is 0 Å². The van der Waals surface area contributed by atoms with Crippen molar-refractivity contribution in [2.24, 2.45) is 11.8 Å². The van der Waals surface area contributed by atoms with Gasteiger partial charge in [-0.2, -0.15) is 5.26 Å². The maximum Gasteiger partial charge on any atom is 0.0994 e. The van der Waals surface area contributed by atoms with Crippen LogP contribution in [0.3, 0.4) is 0 Å². The zero-order chi connectivity index (χ0) is 12.1. The molecule has 0 fully saturated rings. The SMILES string of the molecule is Cc1cc(NCC(C)C(C)C)ccc1C#N. The molecule has 2 heteroatoms. The third kappa shape index (κ3) is 3.27. The number of hydrogen-bond donors (Lipinski definition) is 1. The molecular weight excluding hydrogens is 196 g/mol. The van der Waals surface area contributed by atoms with Gasteiger partial charge in [-0.1, -0.05) is 20.8 Å². The van der Waals surface area contributed by atoms with Gasteiger partial charge in [0.15, 0.2) is 0 Å². The lowest BCUT2D eigenvalue weighted by Crippen LogP contribution is -2.16. The Bertz CT molecular complexity index is 388. The Morgan fingerprint density at radius 2 is 2.00 bits per heavy atom. The Morgan fingerprint density at radius 1 is 1.31 bits per heavy atom. The Morgan fingerprint density at radius 3 is 2.50 bits per heavy atom. The first kappa shape index (κ1) is 12.6. The van der Waals surface area contributed by atoms with Gasteiger partial charge in [0.05, 0.1) is 11.6 Å². The molecular formula is C14H20N2. The summed E-state index contributed by atoms with van der Waals surface area (Å²) in [6, 6.07) is 8.05. The van der Waals surface area contributed by atoms with Crippen LogP contribution in [0.15, 0.2) is 18.2 Å². The van der Waals surface area contributed by atoms with Crippen molar-refractivity contribution in [1.29, 1.82) is 5.26 Å². The maximum absolute atomic E-state index is 8.83. The molecule has 1 aromatic carbocycles. The van der Waals surface area contributed by atoms with Gasteiger partial charge in [0, 0.05) is 12.2 Å². The summed E-state index contributed by atoms with van der Waals surface area (Å²) >= 11 is 0. The predicted octanol–water partition coefficient (Wildman–Crippen LogP) is 3.57. The molecule has 1 unspecified atom stereocenters. The van der Waals surface area contributed by atoms with Crippen molar-refractivity contribution >= 4 is 5.69 Å². The van der Waals surface area contributed by atoms with E-state index in [2.05, 4.69) is 32.2 Å². The van der Waals surface area contributed by atoms with Gasteiger partial charge >= 0.3 is 0 Å². The highest BCUT2D eigenvalue weighted by Crippen LogP contribution is 2.16. The Labute approximate surface area is 98.3 Å². The highest BCUT2D eigenvalue weighted by Gasteiger charge is 2.06. The summed E-state index contributed by atoms with van der Waals surface area (Å²) in [5.41, 5.74) is 2.89. The molecule has 1 N–H and O–H groups in total. The molecule has 0 spiro atoms. The number of aryl methyl sites for hydroxylation is 1. The van der Waals surface area contributed by atoms with Crippen LogP contribution in [-0.2, 0) is 0 Å². The van der Waals surface area contributed by atoms with E-state index in [9.17, 15) is 0 Å². The number of hydrogen-bond acceptors (Lipinski definition) is 2. The van der Waals surface area contributed by atoms with E-state index in [1.807, 2.05) is 25.1 Å². The zero-order valence-electron chi connectivity index (χ0n) is 10.5. The van der Waals surface area contributed by atoms with Crippen molar-refractivity contribution in [2.75, 3.05) is 11.9 Å². The molecule has 1 aromatic rings. The van der Waals surface area contributed by atoms with E-state index in [4.69, 9.17) is 5.26 Å². The molecule has 2 nitrogen and oxygen atoms in total. The monoisotopic (exact) mass is 216 g/mol. The van der Waals surface area contributed by atoms with Gasteiger partial charge in [-0.05, 0) is 42.5 Å². The predicted molar refractivity (Wildman–Crippen MR) is 68.4 cm³/mol. The van der Waals surface area contributed by atoms with Crippen molar-refractivity contribution in [2.45, 2.75) is 27.7 Å². The second kappa shape index (κ2) is 5.55. The first-order valence-electron chi connectivity index (χ1n) is 5.79. The van der Waals surface area contributed by atoms with Gasteiger partial charge in [0.25, 0.3) is 0 Å². The van der Waals surface area contributed by atoms with E-state index in [-0.39, 0.29) is 0 Å². The third-order valence-electron chi connectivity index (χ3n) is 3.11. The van der Waals surface area contributed by atoms with Crippen LogP contribution in [0.4, 0.5) is 5.69 Å². The fourth-order valence-corrected chi connectivity index (χ4v) is 1.41. The van der Waals surface area contributed by atoms with Crippen molar-refractivity contribution in [3.8, 4) is 6.07 Å². The van der Waals surface area contributed by atoms with Crippen LogP contribution < -0.4 is 5.32 Å². The minimum absolute atomic E-state index is 0.649. The Balaban J connectivity index is 2.63.